The van der Waals surface area contributed by atoms with Crippen molar-refractivity contribution < 1.29 is 22.4 Å². The maximum Gasteiger partial charge on any atom is 0.418 e. The molecule has 0 atom stereocenters. The Morgan fingerprint density at radius 1 is 1.10 bits per heavy atom. The number of amides is 1. The van der Waals surface area contributed by atoms with Crippen LogP contribution in [0.25, 0.3) is 22.4 Å². The van der Waals surface area contributed by atoms with Crippen molar-refractivity contribution in [3.63, 3.8) is 0 Å². The monoisotopic (exact) mass is 400 g/mol. The van der Waals surface area contributed by atoms with E-state index in [-0.39, 0.29) is 12.2 Å². The maximum absolute atomic E-state index is 13.2. The summed E-state index contributed by atoms with van der Waals surface area (Å²) in [4.78, 5) is 17.1. The van der Waals surface area contributed by atoms with E-state index in [0.717, 1.165) is 6.07 Å². The van der Waals surface area contributed by atoms with Crippen molar-refractivity contribution in [2.24, 2.45) is 0 Å². The Balaban J connectivity index is 1.70. The van der Waals surface area contributed by atoms with Crippen LogP contribution in [0.3, 0.4) is 0 Å². The Morgan fingerprint density at radius 3 is 2.55 bits per heavy atom. The first-order valence-corrected chi connectivity index (χ1v) is 8.58. The van der Waals surface area contributed by atoms with Gasteiger partial charge in [0.05, 0.1) is 33.5 Å². The van der Waals surface area contributed by atoms with Crippen LogP contribution in [0.2, 0.25) is 0 Å². The quantitative estimate of drug-likeness (QED) is 0.527. The van der Waals surface area contributed by atoms with Crippen molar-refractivity contribution >= 4 is 28.3 Å². The van der Waals surface area contributed by atoms with Gasteiger partial charge < -0.3 is 20.0 Å². The number of nitrogens with one attached hydrogen (secondary N) is 1. The van der Waals surface area contributed by atoms with E-state index < -0.39 is 17.6 Å². The van der Waals surface area contributed by atoms with Crippen LogP contribution in [0.4, 0.5) is 24.5 Å². The van der Waals surface area contributed by atoms with Gasteiger partial charge in [0.25, 0.3) is 0 Å². The van der Waals surface area contributed by atoms with E-state index in [2.05, 4.69) is 10.3 Å². The highest BCUT2D eigenvalue weighted by Crippen LogP contribution is 2.35. The third-order valence-corrected chi connectivity index (χ3v) is 4.40. The lowest BCUT2D eigenvalue weighted by Gasteiger charge is -2.14. The average Bonchev–Trinajstić information content (AvgIpc) is 3.25. The Labute approximate surface area is 162 Å². The highest BCUT2D eigenvalue weighted by molar-refractivity contribution is 5.93. The molecule has 0 aliphatic heterocycles. The van der Waals surface area contributed by atoms with Crippen molar-refractivity contribution in [2.45, 2.75) is 12.7 Å². The molecule has 0 radical (unpaired) electrons. The zero-order valence-electron chi connectivity index (χ0n) is 14.9. The van der Waals surface area contributed by atoms with E-state index in [1.54, 1.807) is 28.8 Å². The number of fused-ring (bicyclic) bond motifs is 1. The first-order chi connectivity index (χ1) is 13.8. The predicted molar refractivity (Wildman–Crippen MR) is 102 cm³/mol. The van der Waals surface area contributed by atoms with Crippen LogP contribution < -0.4 is 11.1 Å². The van der Waals surface area contributed by atoms with E-state index in [9.17, 15) is 18.0 Å². The Bertz CT molecular complexity index is 1190. The lowest BCUT2D eigenvalue weighted by atomic mass is 10.1. The predicted octanol–water partition coefficient (Wildman–Crippen LogP) is 4.54. The summed E-state index contributed by atoms with van der Waals surface area (Å²) in [6, 6.07) is 11.9. The van der Waals surface area contributed by atoms with Crippen molar-refractivity contribution in [1.82, 2.24) is 9.55 Å². The molecule has 148 valence electrons. The second-order valence-corrected chi connectivity index (χ2v) is 6.34. The van der Waals surface area contributed by atoms with Gasteiger partial charge in [-0.1, -0.05) is 24.3 Å². The second-order valence-electron chi connectivity index (χ2n) is 6.34. The van der Waals surface area contributed by atoms with Gasteiger partial charge in [-0.2, -0.15) is 13.2 Å². The van der Waals surface area contributed by atoms with E-state index in [1.807, 2.05) is 0 Å². The molecule has 0 bridgehead atoms. The second kappa shape index (κ2) is 7.01. The number of nitrogens with two attached hydrogens (primary N) is 1. The number of imidazole rings is 1. The molecular formula is C20H15F3N4O2. The van der Waals surface area contributed by atoms with E-state index in [4.69, 9.17) is 10.2 Å². The molecule has 0 aliphatic carbocycles. The number of rotatable bonds is 4. The number of para-hydroxylation sites is 3. The molecule has 2 aromatic carbocycles. The number of anilines is 2. The molecule has 0 spiro atoms. The minimum Gasteiger partial charge on any atom is -0.470 e. The molecule has 0 aliphatic rings. The minimum absolute atomic E-state index is 0.257. The van der Waals surface area contributed by atoms with Crippen molar-refractivity contribution in [2.75, 3.05) is 11.1 Å². The third kappa shape index (κ3) is 3.54. The number of carbonyl (C=O) groups is 1. The molecule has 3 N–H and O–H groups in total. The number of halogens is 3. The lowest BCUT2D eigenvalue weighted by Crippen LogP contribution is -2.21. The molecule has 2 heterocycles. The Kier molecular flexibility index (Phi) is 4.50. The van der Waals surface area contributed by atoms with Crippen molar-refractivity contribution in [1.29, 1.82) is 0 Å². The van der Waals surface area contributed by atoms with Gasteiger partial charge in [0.2, 0.25) is 5.91 Å². The van der Waals surface area contributed by atoms with E-state index in [1.165, 1.54) is 30.7 Å². The molecule has 0 unspecified atom stereocenters. The zero-order valence-corrected chi connectivity index (χ0v) is 14.9. The van der Waals surface area contributed by atoms with Gasteiger partial charge in [0.1, 0.15) is 24.9 Å². The fourth-order valence-corrected chi connectivity index (χ4v) is 3.10. The number of aromatic nitrogens is 2. The van der Waals surface area contributed by atoms with Gasteiger partial charge in [0, 0.05) is 0 Å². The molecule has 4 rings (SSSR count). The molecule has 0 saturated heterocycles. The van der Waals surface area contributed by atoms with Gasteiger partial charge in [0.15, 0.2) is 0 Å². The van der Waals surface area contributed by atoms with Crippen LogP contribution in [0.1, 0.15) is 5.56 Å². The van der Waals surface area contributed by atoms with Crippen LogP contribution in [0, 0.1) is 0 Å². The van der Waals surface area contributed by atoms with Gasteiger partial charge >= 0.3 is 6.18 Å². The normalized spacial score (nSPS) is 11.7. The van der Waals surface area contributed by atoms with Crippen molar-refractivity contribution in [3.8, 4) is 11.4 Å². The minimum atomic E-state index is -4.58. The number of carbonyl (C=O) groups excluding carboxylic acids is 1. The molecule has 2 aromatic heterocycles. The topological polar surface area (TPSA) is 86.1 Å². The van der Waals surface area contributed by atoms with Crippen LogP contribution >= 0.6 is 0 Å². The first kappa shape index (κ1) is 18.6. The highest BCUT2D eigenvalue weighted by Gasteiger charge is 2.33. The summed E-state index contributed by atoms with van der Waals surface area (Å²) < 4.78 is 46.2. The number of benzene rings is 2. The van der Waals surface area contributed by atoms with Gasteiger partial charge in [-0.05, 0) is 24.3 Å². The summed E-state index contributed by atoms with van der Waals surface area (Å²) in [6.07, 6.45) is -1.83. The highest BCUT2D eigenvalue weighted by atomic mass is 19.4. The van der Waals surface area contributed by atoms with Gasteiger partial charge in [-0.25, -0.2) is 4.98 Å². The molecular weight excluding hydrogens is 385 g/mol. The van der Waals surface area contributed by atoms with Gasteiger partial charge in [-0.3, -0.25) is 4.79 Å². The van der Waals surface area contributed by atoms with Crippen LogP contribution in [0.5, 0.6) is 0 Å². The number of nitrogens with zero attached hydrogens (tertiary/aromatic N) is 2. The number of furan rings is 1. The molecule has 0 saturated carbocycles. The largest absolute Gasteiger partial charge is 0.470 e. The lowest BCUT2D eigenvalue weighted by molar-refractivity contribution is -0.137. The number of nitrogen functional groups attached to an aromatic ring is 1. The van der Waals surface area contributed by atoms with Crippen LogP contribution in [-0.4, -0.2) is 15.5 Å². The number of alkyl halides is 3. The van der Waals surface area contributed by atoms with Crippen LogP contribution in [-0.2, 0) is 17.5 Å². The SMILES string of the molecule is Nc1cocc1-c1nc2ccccc2n1CC(=O)Nc1ccccc1C(F)(F)F. The fourth-order valence-electron chi connectivity index (χ4n) is 3.10. The molecule has 29 heavy (non-hydrogen) atoms. The summed E-state index contributed by atoms with van der Waals surface area (Å²) in [7, 11) is 0. The Hall–Kier alpha value is -3.75. The number of hydrogen-bond acceptors (Lipinski definition) is 4. The summed E-state index contributed by atoms with van der Waals surface area (Å²) in [5, 5.41) is 2.34. The molecule has 1 amide bonds. The first-order valence-electron chi connectivity index (χ1n) is 8.58. The summed E-state index contributed by atoms with van der Waals surface area (Å²) in [5.41, 5.74) is 6.78. The summed E-state index contributed by atoms with van der Waals surface area (Å²) in [6.45, 7) is -0.257. The molecule has 6 nitrogen and oxygen atoms in total. The molecule has 9 heteroatoms. The number of hydrogen-bond donors (Lipinski definition) is 2. The molecule has 4 aromatic rings. The van der Waals surface area contributed by atoms with E-state index >= 15 is 0 Å². The average molecular weight is 400 g/mol. The summed E-state index contributed by atoms with van der Waals surface area (Å²) in [5.74, 6) is -0.245. The van der Waals surface area contributed by atoms with Gasteiger partial charge in [-0.15, -0.1) is 0 Å². The van der Waals surface area contributed by atoms with Crippen LogP contribution in [0.15, 0.2) is 65.5 Å². The third-order valence-electron chi connectivity index (χ3n) is 4.40. The standard InChI is InChI=1S/C20H15F3N4O2/c21-20(22,23)13-5-1-2-6-15(13)25-18(28)9-27-17-8-4-3-7-16(17)26-19(27)12-10-29-11-14(12)24/h1-8,10-11H,9,24H2,(H,25,28). The molecule has 0 fully saturated rings. The maximum atomic E-state index is 13.2. The zero-order chi connectivity index (χ0) is 20.6. The van der Waals surface area contributed by atoms with E-state index in [0.29, 0.717) is 28.1 Å². The summed E-state index contributed by atoms with van der Waals surface area (Å²) >= 11 is 0. The van der Waals surface area contributed by atoms with Crippen molar-refractivity contribution in [3.05, 3.63) is 66.6 Å². The Morgan fingerprint density at radius 2 is 1.83 bits per heavy atom. The fraction of sp³-hybridized carbons (Fsp3) is 0.100. The smallest absolute Gasteiger partial charge is 0.418 e.